The zero-order chi connectivity index (χ0) is 25.8. The molecule has 1 aliphatic carbocycles. The third-order valence-electron chi connectivity index (χ3n) is 4.66. The average Bonchev–Trinajstić information content (AvgIpc) is 2.61. The van der Waals surface area contributed by atoms with Gasteiger partial charge in [-0.15, -0.1) is 0 Å². The molecule has 0 unspecified atom stereocenters. The van der Waals surface area contributed by atoms with Gasteiger partial charge >= 0.3 is 41.7 Å². The smallest absolute Gasteiger partial charge is 0.391 e. The molecule has 32 heavy (non-hydrogen) atoms. The zero-order valence-corrected chi connectivity index (χ0v) is 15.0. The standard InChI is InChI=1S/C14H12F15NO2/c15-8(16,7(32)30-5-3-1-2-4-6(5)31)9(17,18)10(19,20)11(21,22)12(23,24)13(25,26)14(27,28)29/h5-6,31H,1-4H2,(H,30,32)/t5-,6-/m1/s1. The summed E-state index contributed by atoms with van der Waals surface area (Å²) >= 11 is 0. The summed E-state index contributed by atoms with van der Waals surface area (Å²) in [5, 5.41) is 10.4. The Hall–Kier alpha value is -1.62. The predicted molar refractivity (Wildman–Crippen MR) is 72.1 cm³/mol. The van der Waals surface area contributed by atoms with Crippen molar-refractivity contribution in [3.63, 3.8) is 0 Å². The molecule has 0 spiro atoms. The number of alkyl halides is 15. The molecule has 2 N–H and O–H groups in total. The SMILES string of the molecule is O=C(N[C@@H]1CCCC[C@H]1O)C(F)(F)C(F)(F)C(F)(F)C(F)(F)C(F)(F)C(F)(F)C(F)(F)F. The molecule has 1 amide bonds. The van der Waals surface area contributed by atoms with Crippen LogP contribution in [0.25, 0.3) is 0 Å². The molecule has 18 heteroatoms. The Kier molecular flexibility index (Phi) is 7.10. The normalized spacial score (nSPS) is 22.6. The van der Waals surface area contributed by atoms with Crippen LogP contribution in [0.3, 0.4) is 0 Å². The van der Waals surface area contributed by atoms with Crippen LogP contribution in [0.15, 0.2) is 0 Å². The molecule has 0 radical (unpaired) electrons. The first kappa shape index (κ1) is 28.4. The average molecular weight is 511 g/mol. The van der Waals surface area contributed by atoms with Crippen LogP contribution in [0.1, 0.15) is 25.7 Å². The van der Waals surface area contributed by atoms with Gasteiger partial charge in [0.25, 0.3) is 5.91 Å². The fraction of sp³-hybridized carbons (Fsp3) is 0.929. The molecule has 190 valence electrons. The van der Waals surface area contributed by atoms with Crippen molar-refractivity contribution in [3.05, 3.63) is 0 Å². The minimum atomic E-state index is -8.45. The molecule has 0 aromatic heterocycles. The quantitative estimate of drug-likeness (QED) is 0.484. The summed E-state index contributed by atoms with van der Waals surface area (Å²) in [6, 6.07) is -1.79. The van der Waals surface area contributed by atoms with Crippen molar-refractivity contribution in [2.75, 3.05) is 0 Å². The van der Waals surface area contributed by atoms with Crippen LogP contribution in [0.4, 0.5) is 65.9 Å². The van der Waals surface area contributed by atoms with E-state index >= 15 is 0 Å². The molecule has 0 aliphatic heterocycles. The van der Waals surface area contributed by atoms with E-state index in [4.69, 9.17) is 0 Å². The fourth-order valence-electron chi connectivity index (χ4n) is 2.65. The second-order valence-corrected chi connectivity index (χ2v) is 6.88. The lowest BCUT2D eigenvalue weighted by Crippen LogP contribution is -2.74. The van der Waals surface area contributed by atoms with E-state index in [2.05, 4.69) is 0 Å². The van der Waals surface area contributed by atoms with E-state index in [1.807, 2.05) is 0 Å². The van der Waals surface area contributed by atoms with E-state index in [0.29, 0.717) is 0 Å². The van der Waals surface area contributed by atoms with Gasteiger partial charge in [-0.2, -0.15) is 65.9 Å². The molecule has 0 bridgehead atoms. The van der Waals surface area contributed by atoms with Crippen molar-refractivity contribution in [1.29, 1.82) is 0 Å². The number of aliphatic hydroxyl groups is 1. The van der Waals surface area contributed by atoms with Crippen LogP contribution in [-0.2, 0) is 4.79 Å². The van der Waals surface area contributed by atoms with Gasteiger partial charge in [0.1, 0.15) is 0 Å². The molecule has 1 rings (SSSR count). The van der Waals surface area contributed by atoms with Crippen LogP contribution in [0.2, 0.25) is 0 Å². The lowest BCUT2D eigenvalue weighted by molar-refractivity contribution is -0.449. The first-order chi connectivity index (χ1) is 13.9. The number of hydrogen-bond donors (Lipinski definition) is 2. The summed E-state index contributed by atoms with van der Waals surface area (Å²) in [4.78, 5) is 11.4. The largest absolute Gasteiger partial charge is 0.460 e. The van der Waals surface area contributed by atoms with Crippen LogP contribution < -0.4 is 5.32 Å². The number of nitrogens with one attached hydrogen (secondary N) is 1. The molecular formula is C14H12F15NO2. The number of carbonyl (C=O) groups is 1. The van der Waals surface area contributed by atoms with Crippen molar-refractivity contribution in [3.8, 4) is 0 Å². The van der Waals surface area contributed by atoms with E-state index in [0.717, 1.165) is 5.32 Å². The second-order valence-electron chi connectivity index (χ2n) is 6.88. The van der Waals surface area contributed by atoms with Crippen molar-refractivity contribution in [2.24, 2.45) is 0 Å². The highest BCUT2D eigenvalue weighted by atomic mass is 19.4. The molecule has 0 aromatic rings. The first-order valence-electron chi connectivity index (χ1n) is 8.24. The van der Waals surface area contributed by atoms with Crippen molar-refractivity contribution in [1.82, 2.24) is 5.32 Å². The Balaban J connectivity index is 3.40. The molecule has 0 aromatic carbocycles. The highest BCUT2D eigenvalue weighted by Gasteiger charge is 2.94. The monoisotopic (exact) mass is 511 g/mol. The first-order valence-corrected chi connectivity index (χ1v) is 8.24. The molecule has 0 heterocycles. The second kappa shape index (κ2) is 8.00. The summed E-state index contributed by atoms with van der Waals surface area (Å²) in [5.41, 5.74) is 0. The molecule has 1 saturated carbocycles. The topological polar surface area (TPSA) is 49.3 Å². The van der Waals surface area contributed by atoms with Crippen LogP contribution in [0, 0.1) is 0 Å². The minimum Gasteiger partial charge on any atom is -0.391 e. The summed E-state index contributed by atoms with van der Waals surface area (Å²) < 4.78 is 196. The number of amides is 1. The number of rotatable bonds is 7. The Bertz CT molecular complexity index is 703. The van der Waals surface area contributed by atoms with Crippen LogP contribution >= 0.6 is 0 Å². The van der Waals surface area contributed by atoms with E-state index in [1.54, 1.807) is 0 Å². The number of halogens is 15. The lowest BCUT2D eigenvalue weighted by atomic mass is 9.89. The van der Waals surface area contributed by atoms with Crippen molar-refractivity contribution >= 4 is 5.91 Å². The summed E-state index contributed by atoms with van der Waals surface area (Å²) in [6.45, 7) is 0. The van der Waals surface area contributed by atoms with Gasteiger partial charge in [-0.05, 0) is 12.8 Å². The lowest BCUT2D eigenvalue weighted by Gasteiger charge is -2.41. The van der Waals surface area contributed by atoms with Gasteiger partial charge < -0.3 is 10.4 Å². The zero-order valence-electron chi connectivity index (χ0n) is 15.0. The van der Waals surface area contributed by atoms with E-state index in [9.17, 15) is 75.8 Å². The van der Waals surface area contributed by atoms with Gasteiger partial charge in [-0.25, -0.2) is 0 Å². The Morgan fingerprint density at radius 3 is 1.41 bits per heavy atom. The van der Waals surface area contributed by atoms with Gasteiger partial charge in [0.15, 0.2) is 0 Å². The molecule has 3 nitrogen and oxygen atoms in total. The summed E-state index contributed by atoms with van der Waals surface area (Å²) in [7, 11) is 0. The molecule has 0 saturated heterocycles. The third-order valence-corrected chi connectivity index (χ3v) is 4.66. The van der Waals surface area contributed by atoms with Crippen LogP contribution in [0.5, 0.6) is 0 Å². The summed E-state index contributed by atoms with van der Waals surface area (Å²) in [5.74, 6) is -51.6. The highest BCUT2D eigenvalue weighted by molar-refractivity contribution is 5.85. The van der Waals surface area contributed by atoms with E-state index in [1.165, 1.54) is 0 Å². The molecule has 1 fully saturated rings. The number of hydrogen-bond acceptors (Lipinski definition) is 2. The van der Waals surface area contributed by atoms with Gasteiger partial charge in [0.05, 0.1) is 12.1 Å². The molecule has 1 aliphatic rings. The Morgan fingerprint density at radius 2 is 1.00 bits per heavy atom. The maximum absolute atomic E-state index is 13.7. The maximum atomic E-state index is 13.7. The van der Waals surface area contributed by atoms with Gasteiger partial charge in [-0.1, -0.05) is 12.8 Å². The highest BCUT2D eigenvalue weighted by Crippen LogP contribution is 2.62. The van der Waals surface area contributed by atoms with Gasteiger partial charge in [0, 0.05) is 0 Å². The van der Waals surface area contributed by atoms with Gasteiger partial charge in [0.2, 0.25) is 0 Å². The minimum absolute atomic E-state index is 0.0803. The Labute approximate surface area is 167 Å². The van der Waals surface area contributed by atoms with E-state index < -0.39 is 66.2 Å². The molecular weight excluding hydrogens is 499 g/mol. The van der Waals surface area contributed by atoms with Gasteiger partial charge in [-0.3, -0.25) is 4.79 Å². The Morgan fingerprint density at radius 1 is 0.625 bits per heavy atom. The van der Waals surface area contributed by atoms with E-state index in [-0.39, 0.29) is 19.3 Å². The molecule has 2 atom stereocenters. The number of aliphatic hydroxyl groups excluding tert-OH is 1. The number of carbonyl (C=O) groups excluding carboxylic acids is 1. The van der Waals surface area contributed by atoms with Crippen molar-refractivity contribution in [2.45, 2.75) is 79.5 Å². The van der Waals surface area contributed by atoms with Crippen LogP contribution in [-0.4, -0.2) is 64.9 Å². The fourth-order valence-corrected chi connectivity index (χ4v) is 2.65. The third kappa shape index (κ3) is 3.95. The summed E-state index contributed by atoms with van der Waals surface area (Å²) in [6.07, 6.45) is -9.66. The maximum Gasteiger partial charge on any atom is 0.460 e. The van der Waals surface area contributed by atoms with Crippen molar-refractivity contribution < 1.29 is 75.8 Å². The predicted octanol–water partition coefficient (Wildman–Crippen LogP) is 4.78.